The molecule has 2 aromatic carbocycles. The number of nitrogens with one attached hydrogen (secondary N) is 2. The molecule has 1 atom stereocenters. The molecule has 1 aliphatic rings. The number of carbonyl (C=O) groups excluding carboxylic acids is 3. The molecule has 0 radical (unpaired) electrons. The summed E-state index contributed by atoms with van der Waals surface area (Å²) in [4.78, 5) is 48.3. The molecule has 1 saturated heterocycles. The molecule has 1 aliphatic heterocycles. The van der Waals surface area contributed by atoms with Gasteiger partial charge < -0.3 is 20.3 Å². The highest BCUT2D eigenvalue weighted by atomic mass is 16.6. The third-order valence-corrected chi connectivity index (χ3v) is 4.55. The zero-order chi connectivity index (χ0) is 21.5. The van der Waals surface area contributed by atoms with Crippen molar-refractivity contribution in [3.8, 4) is 0 Å². The van der Waals surface area contributed by atoms with E-state index in [0.29, 0.717) is 19.7 Å². The van der Waals surface area contributed by atoms with Gasteiger partial charge in [0, 0.05) is 12.6 Å². The molecular weight excluding hydrogens is 392 g/mol. The Morgan fingerprint density at radius 3 is 2.50 bits per heavy atom. The number of ether oxygens (including phenoxy) is 1. The fraction of sp³-hybridized carbons (Fsp3) is 0.250. The summed E-state index contributed by atoms with van der Waals surface area (Å²) in [5.41, 5.74) is 0.505. The van der Waals surface area contributed by atoms with E-state index in [1.807, 2.05) is 30.3 Å². The summed E-state index contributed by atoms with van der Waals surface area (Å²) in [5.74, 6) is -2.51. The Hall–Kier alpha value is -3.79. The first-order valence-electron chi connectivity index (χ1n) is 9.22. The summed E-state index contributed by atoms with van der Waals surface area (Å²) < 4.78 is 5.70. The van der Waals surface area contributed by atoms with E-state index < -0.39 is 16.7 Å². The number of anilines is 1. The van der Waals surface area contributed by atoms with Gasteiger partial charge in [0.05, 0.1) is 24.6 Å². The van der Waals surface area contributed by atoms with E-state index in [4.69, 9.17) is 4.74 Å². The molecule has 2 aromatic rings. The van der Waals surface area contributed by atoms with Crippen LogP contribution in [0.1, 0.15) is 11.7 Å². The molecular formula is C20H20N4O6. The van der Waals surface area contributed by atoms with Gasteiger partial charge in [-0.25, -0.2) is 0 Å². The van der Waals surface area contributed by atoms with Crippen LogP contribution in [0.5, 0.6) is 0 Å². The van der Waals surface area contributed by atoms with Gasteiger partial charge in [0.25, 0.3) is 5.69 Å². The Morgan fingerprint density at radius 1 is 1.07 bits per heavy atom. The number of amides is 3. The van der Waals surface area contributed by atoms with E-state index in [-0.39, 0.29) is 29.9 Å². The molecule has 30 heavy (non-hydrogen) atoms. The Bertz CT molecular complexity index is 949. The van der Waals surface area contributed by atoms with E-state index in [1.54, 1.807) is 4.90 Å². The van der Waals surface area contributed by atoms with E-state index in [9.17, 15) is 24.5 Å². The Morgan fingerprint density at radius 2 is 1.77 bits per heavy atom. The largest absolute Gasteiger partial charge is 0.370 e. The Labute approximate surface area is 172 Å². The monoisotopic (exact) mass is 412 g/mol. The van der Waals surface area contributed by atoms with Crippen molar-refractivity contribution >= 4 is 29.1 Å². The van der Waals surface area contributed by atoms with Gasteiger partial charge in [0.1, 0.15) is 11.8 Å². The molecule has 0 saturated carbocycles. The van der Waals surface area contributed by atoms with E-state index >= 15 is 0 Å². The van der Waals surface area contributed by atoms with Crippen LogP contribution >= 0.6 is 0 Å². The molecule has 0 aliphatic carbocycles. The lowest BCUT2D eigenvalue weighted by atomic mass is 10.1. The summed E-state index contributed by atoms with van der Waals surface area (Å²) in [7, 11) is 0. The molecule has 0 spiro atoms. The maximum absolute atomic E-state index is 12.4. The molecule has 0 aromatic heterocycles. The molecule has 0 bridgehead atoms. The number of benzene rings is 2. The van der Waals surface area contributed by atoms with Crippen LogP contribution in [0.4, 0.5) is 11.4 Å². The van der Waals surface area contributed by atoms with Crippen molar-refractivity contribution in [2.45, 2.75) is 6.10 Å². The molecule has 156 valence electrons. The first-order chi connectivity index (χ1) is 14.5. The number of nitro groups is 1. The number of hydrogen-bond acceptors (Lipinski definition) is 6. The van der Waals surface area contributed by atoms with E-state index in [0.717, 1.165) is 5.56 Å². The molecule has 2 N–H and O–H groups in total. The molecule has 1 heterocycles. The minimum Gasteiger partial charge on any atom is -0.370 e. The third-order valence-electron chi connectivity index (χ3n) is 4.55. The Balaban J connectivity index is 1.52. The van der Waals surface area contributed by atoms with E-state index in [1.165, 1.54) is 24.3 Å². The van der Waals surface area contributed by atoms with Crippen LogP contribution in [0.2, 0.25) is 0 Å². The molecule has 3 rings (SSSR count). The fourth-order valence-electron chi connectivity index (χ4n) is 3.01. The minimum absolute atomic E-state index is 0.104. The van der Waals surface area contributed by atoms with Gasteiger partial charge in [0.2, 0.25) is 5.91 Å². The van der Waals surface area contributed by atoms with Crippen molar-refractivity contribution < 1.29 is 24.0 Å². The number of morpholine rings is 1. The summed E-state index contributed by atoms with van der Waals surface area (Å²) in [6.45, 7) is 0.698. The average Bonchev–Trinajstić information content (AvgIpc) is 2.78. The first kappa shape index (κ1) is 20.9. The second-order valence-corrected chi connectivity index (χ2v) is 6.52. The van der Waals surface area contributed by atoms with Gasteiger partial charge in [-0.05, 0) is 11.6 Å². The first-order valence-corrected chi connectivity index (χ1v) is 9.22. The zero-order valence-electron chi connectivity index (χ0n) is 15.9. The van der Waals surface area contributed by atoms with Gasteiger partial charge >= 0.3 is 11.8 Å². The van der Waals surface area contributed by atoms with Crippen LogP contribution in [0.15, 0.2) is 54.6 Å². The van der Waals surface area contributed by atoms with Crippen LogP contribution in [0, 0.1) is 10.1 Å². The molecule has 3 amide bonds. The lowest BCUT2D eigenvalue weighted by Crippen LogP contribution is -2.48. The van der Waals surface area contributed by atoms with Crippen LogP contribution in [-0.4, -0.2) is 53.8 Å². The number of hydrogen-bond donors (Lipinski definition) is 2. The van der Waals surface area contributed by atoms with Crippen molar-refractivity contribution in [1.29, 1.82) is 0 Å². The SMILES string of the molecule is O=C(NCC(=O)N1CCOC(c2ccccc2)C1)C(=O)Nc1ccccc1[N+](=O)[O-]. The highest BCUT2D eigenvalue weighted by Gasteiger charge is 2.26. The lowest BCUT2D eigenvalue weighted by Gasteiger charge is -2.33. The maximum Gasteiger partial charge on any atom is 0.313 e. The van der Waals surface area contributed by atoms with Crippen molar-refractivity contribution in [2.75, 3.05) is 31.6 Å². The van der Waals surface area contributed by atoms with Gasteiger partial charge in [-0.2, -0.15) is 0 Å². The van der Waals surface area contributed by atoms with Crippen molar-refractivity contribution in [1.82, 2.24) is 10.2 Å². The summed E-state index contributed by atoms with van der Waals surface area (Å²) >= 11 is 0. The summed E-state index contributed by atoms with van der Waals surface area (Å²) in [6.07, 6.45) is -0.262. The number of nitrogens with zero attached hydrogens (tertiary/aromatic N) is 2. The minimum atomic E-state index is -1.10. The van der Waals surface area contributed by atoms with Crippen LogP contribution < -0.4 is 10.6 Å². The molecule has 10 heteroatoms. The molecule has 10 nitrogen and oxygen atoms in total. The van der Waals surface area contributed by atoms with Crippen molar-refractivity contribution in [3.63, 3.8) is 0 Å². The number of para-hydroxylation sites is 2. The Kier molecular flexibility index (Phi) is 6.71. The average molecular weight is 412 g/mol. The van der Waals surface area contributed by atoms with Crippen LogP contribution in [-0.2, 0) is 19.1 Å². The predicted octanol–water partition coefficient (Wildman–Crippen LogP) is 1.25. The fourth-order valence-corrected chi connectivity index (χ4v) is 3.01. The number of carbonyl (C=O) groups is 3. The topological polar surface area (TPSA) is 131 Å². The zero-order valence-corrected chi connectivity index (χ0v) is 15.9. The molecule has 1 unspecified atom stereocenters. The second kappa shape index (κ2) is 9.61. The number of nitro benzene ring substituents is 1. The van der Waals surface area contributed by atoms with Crippen molar-refractivity contribution in [2.24, 2.45) is 0 Å². The van der Waals surface area contributed by atoms with E-state index in [2.05, 4.69) is 10.6 Å². The third kappa shape index (κ3) is 5.17. The van der Waals surface area contributed by atoms with Crippen LogP contribution in [0.3, 0.4) is 0 Å². The predicted molar refractivity (Wildman–Crippen MR) is 106 cm³/mol. The van der Waals surface area contributed by atoms with Gasteiger partial charge in [0.15, 0.2) is 0 Å². The van der Waals surface area contributed by atoms with Gasteiger partial charge in [-0.1, -0.05) is 42.5 Å². The maximum atomic E-state index is 12.4. The standard InChI is InChI=1S/C20H20N4O6/c25-18(23-10-11-30-17(13-23)14-6-2-1-3-7-14)12-21-19(26)20(27)22-15-8-4-5-9-16(15)24(28)29/h1-9,17H,10-13H2,(H,21,26)(H,22,27). The van der Waals surface area contributed by atoms with Crippen molar-refractivity contribution in [3.05, 3.63) is 70.3 Å². The van der Waals surface area contributed by atoms with Crippen LogP contribution in [0.25, 0.3) is 0 Å². The smallest absolute Gasteiger partial charge is 0.313 e. The summed E-state index contributed by atoms with van der Waals surface area (Å²) in [5, 5.41) is 15.4. The normalized spacial score (nSPS) is 15.9. The summed E-state index contributed by atoms with van der Waals surface area (Å²) in [6, 6.07) is 14.9. The molecule has 1 fully saturated rings. The van der Waals surface area contributed by atoms with Gasteiger partial charge in [-0.15, -0.1) is 0 Å². The highest BCUT2D eigenvalue weighted by molar-refractivity contribution is 6.40. The lowest BCUT2D eigenvalue weighted by molar-refractivity contribution is -0.383. The highest BCUT2D eigenvalue weighted by Crippen LogP contribution is 2.23. The second-order valence-electron chi connectivity index (χ2n) is 6.52. The number of rotatable bonds is 5. The quantitative estimate of drug-likeness (QED) is 0.432. The van der Waals surface area contributed by atoms with Gasteiger partial charge in [-0.3, -0.25) is 24.5 Å².